The number of piperidine rings is 1. The predicted molar refractivity (Wildman–Crippen MR) is 116 cm³/mol. The first-order chi connectivity index (χ1) is 14.2. The molecule has 6 aliphatic rings. The van der Waals surface area contributed by atoms with Gasteiger partial charge in [-0.05, 0) is 92.3 Å². The third-order valence-electron chi connectivity index (χ3n) is 11.5. The molecule has 2 aliphatic heterocycles. The minimum absolute atomic E-state index is 0.00677. The van der Waals surface area contributed by atoms with E-state index in [1.807, 2.05) is 0 Å². The number of nitrogens with zero attached hydrogens (tertiary/aromatic N) is 1. The maximum absolute atomic E-state index is 13.2. The lowest BCUT2D eigenvalue weighted by molar-refractivity contribution is -0.145. The Kier molecular flexibility index (Phi) is 4.40. The molecule has 0 aromatic heterocycles. The van der Waals surface area contributed by atoms with Crippen molar-refractivity contribution in [3.63, 3.8) is 0 Å². The molecule has 2 saturated heterocycles. The highest BCUT2D eigenvalue weighted by molar-refractivity contribution is 5.83. The average molecular weight is 416 g/mol. The van der Waals surface area contributed by atoms with E-state index in [1.165, 1.54) is 19.3 Å². The minimum atomic E-state index is -0.618. The van der Waals surface area contributed by atoms with E-state index < -0.39 is 5.60 Å². The smallest absolute Gasteiger partial charge is 0.136 e. The van der Waals surface area contributed by atoms with Gasteiger partial charge in [0.1, 0.15) is 5.78 Å². The van der Waals surface area contributed by atoms with Gasteiger partial charge in [-0.25, -0.2) is 0 Å². The number of carbonyl (C=O) groups excluding carboxylic acids is 1. The number of hydrogen-bond acceptors (Lipinski definition) is 4. The molecular formula is C26H41NO3. The fraction of sp³-hybridized carbons (Fsp3) is 0.962. The van der Waals surface area contributed by atoms with E-state index in [9.17, 15) is 15.0 Å². The minimum Gasteiger partial charge on any atom is -0.393 e. The molecule has 4 aliphatic carbocycles. The fourth-order valence-corrected chi connectivity index (χ4v) is 10.1. The number of ketones is 1. The highest BCUT2D eigenvalue weighted by atomic mass is 16.3. The molecule has 4 nitrogen and oxygen atoms in total. The molecule has 0 amide bonds. The number of hydrogen-bond donors (Lipinski definition) is 2. The Morgan fingerprint density at radius 1 is 1.03 bits per heavy atom. The van der Waals surface area contributed by atoms with Crippen molar-refractivity contribution in [3.05, 3.63) is 0 Å². The highest BCUT2D eigenvalue weighted by Crippen LogP contribution is 2.67. The van der Waals surface area contributed by atoms with Gasteiger partial charge in [0.05, 0.1) is 11.7 Å². The number of Topliss-reactive ketones (excluding diaryl/α,β-unsaturated/α-hetero) is 1. The summed E-state index contributed by atoms with van der Waals surface area (Å²) < 4.78 is 0. The molecule has 6 rings (SSSR count). The van der Waals surface area contributed by atoms with Crippen LogP contribution in [0.25, 0.3) is 0 Å². The lowest BCUT2D eigenvalue weighted by Crippen LogP contribution is -2.60. The molecule has 30 heavy (non-hydrogen) atoms. The van der Waals surface area contributed by atoms with Crippen molar-refractivity contribution in [2.75, 3.05) is 6.54 Å². The number of carbonyl (C=O) groups is 1. The van der Waals surface area contributed by atoms with Crippen LogP contribution in [0, 0.1) is 46.8 Å². The monoisotopic (exact) mass is 415 g/mol. The third-order valence-corrected chi connectivity index (χ3v) is 11.5. The van der Waals surface area contributed by atoms with Gasteiger partial charge < -0.3 is 10.2 Å². The Bertz CT molecular complexity index is 740. The van der Waals surface area contributed by atoms with Gasteiger partial charge in [-0.1, -0.05) is 20.8 Å². The van der Waals surface area contributed by atoms with Crippen LogP contribution in [0.3, 0.4) is 0 Å². The summed E-state index contributed by atoms with van der Waals surface area (Å²) in [6, 6.07) is 0.951. The number of aliphatic hydroxyl groups excluding tert-OH is 1. The second kappa shape index (κ2) is 6.54. The summed E-state index contributed by atoms with van der Waals surface area (Å²) >= 11 is 0. The standard InChI is InChI=1S/C26H41NO3/c1-14-4-7-22-15(2)17-5-6-19-18-11-23(29)20-10-16(28)8-9-25(20,3)21(18)12-26(19,30)24(17)27(22)13-14/h14-22,24,28,30H,4-13H2,1-3H3/t14-,15+,16-,17-,18-,19-,20+,21-,22-,24+,25-,26-/m0/s1. The number of aliphatic hydroxyl groups is 2. The van der Waals surface area contributed by atoms with Crippen LogP contribution in [0.1, 0.15) is 78.6 Å². The molecule has 0 bridgehead atoms. The summed E-state index contributed by atoms with van der Waals surface area (Å²) in [6.07, 6.45) is 8.60. The topological polar surface area (TPSA) is 60.8 Å². The van der Waals surface area contributed by atoms with E-state index in [4.69, 9.17) is 0 Å². The van der Waals surface area contributed by atoms with Crippen LogP contribution in [-0.2, 0) is 4.79 Å². The predicted octanol–water partition coefficient (Wildman–Crippen LogP) is 3.64. The Balaban J connectivity index is 1.37. The zero-order valence-electron chi connectivity index (χ0n) is 19.1. The first-order valence-corrected chi connectivity index (χ1v) is 12.9. The molecule has 12 atom stereocenters. The largest absolute Gasteiger partial charge is 0.393 e. The van der Waals surface area contributed by atoms with E-state index >= 15 is 0 Å². The molecule has 168 valence electrons. The summed E-state index contributed by atoms with van der Waals surface area (Å²) in [5.41, 5.74) is -0.646. The molecule has 0 aromatic rings. The molecule has 4 heteroatoms. The van der Waals surface area contributed by atoms with Crippen LogP contribution >= 0.6 is 0 Å². The van der Waals surface area contributed by atoms with E-state index in [0.717, 1.165) is 38.1 Å². The van der Waals surface area contributed by atoms with E-state index in [0.29, 0.717) is 60.3 Å². The van der Waals surface area contributed by atoms with Crippen molar-refractivity contribution < 1.29 is 15.0 Å². The van der Waals surface area contributed by atoms with Crippen LogP contribution < -0.4 is 0 Å². The summed E-state index contributed by atoms with van der Waals surface area (Å²) in [4.78, 5) is 16.0. The van der Waals surface area contributed by atoms with Gasteiger partial charge in [-0.15, -0.1) is 0 Å². The van der Waals surface area contributed by atoms with E-state index in [2.05, 4.69) is 25.7 Å². The summed E-state index contributed by atoms with van der Waals surface area (Å²) in [7, 11) is 0. The van der Waals surface area contributed by atoms with Crippen molar-refractivity contribution in [3.8, 4) is 0 Å². The van der Waals surface area contributed by atoms with Crippen molar-refractivity contribution >= 4 is 5.78 Å². The summed E-state index contributed by atoms with van der Waals surface area (Å²) in [5, 5.41) is 22.8. The maximum atomic E-state index is 13.2. The van der Waals surface area contributed by atoms with Crippen molar-refractivity contribution in [2.45, 2.75) is 102 Å². The zero-order valence-corrected chi connectivity index (χ0v) is 19.1. The van der Waals surface area contributed by atoms with E-state index in [-0.39, 0.29) is 17.4 Å². The quantitative estimate of drug-likeness (QED) is 0.634. The first-order valence-electron chi connectivity index (χ1n) is 12.9. The molecule has 0 radical (unpaired) electrons. The van der Waals surface area contributed by atoms with Crippen LogP contribution in [0.2, 0.25) is 0 Å². The van der Waals surface area contributed by atoms with Gasteiger partial charge in [0.2, 0.25) is 0 Å². The van der Waals surface area contributed by atoms with Crippen molar-refractivity contribution in [1.82, 2.24) is 4.90 Å². The lowest BCUT2D eigenvalue weighted by Gasteiger charge is -2.52. The molecular weight excluding hydrogens is 374 g/mol. The Morgan fingerprint density at radius 3 is 2.63 bits per heavy atom. The molecule has 2 N–H and O–H groups in total. The average Bonchev–Trinajstić information content (AvgIpc) is 3.16. The number of rotatable bonds is 0. The van der Waals surface area contributed by atoms with Crippen molar-refractivity contribution in [1.29, 1.82) is 0 Å². The second-order valence-corrected chi connectivity index (χ2v) is 12.7. The molecule has 6 fully saturated rings. The van der Waals surface area contributed by atoms with E-state index in [1.54, 1.807) is 0 Å². The lowest BCUT2D eigenvalue weighted by atomic mass is 9.51. The van der Waals surface area contributed by atoms with Crippen LogP contribution in [0.4, 0.5) is 0 Å². The molecule has 0 unspecified atom stereocenters. The van der Waals surface area contributed by atoms with Gasteiger partial charge in [-0.3, -0.25) is 9.69 Å². The Hall–Kier alpha value is -0.450. The second-order valence-electron chi connectivity index (χ2n) is 12.7. The first kappa shape index (κ1) is 20.2. The summed E-state index contributed by atoms with van der Waals surface area (Å²) in [5.74, 6) is 3.51. The van der Waals surface area contributed by atoms with Gasteiger partial charge in [0.15, 0.2) is 0 Å². The van der Waals surface area contributed by atoms with Crippen molar-refractivity contribution in [2.24, 2.45) is 46.8 Å². The van der Waals surface area contributed by atoms with Crippen LogP contribution in [-0.4, -0.2) is 51.2 Å². The van der Waals surface area contributed by atoms with Gasteiger partial charge in [0, 0.05) is 31.0 Å². The number of fused-ring (bicyclic) bond motifs is 9. The van der Waals surface area contributed by atoms with Gasteiger partial charge >= 0.3 is 0 Å². The molecule has 0 spiro atoms. The Morgan fingerprint density at radius 2 is 1.83 bits per heavy atom. The molecule has 4 saturated carbocycles. The van der Waals surface area contributed by atoms with Gasteiger partial charge in [-0.2, -0.15) is 0 Å². The summed E-state index contributed by atoms with van der Waals surface area (Å²) in [6.45, 7) is 8.31. The maximum Gasteiger partial charge on any atom is 0.136 e. The normalized spacial score (nSPS) is 60.4. The third kappa shape index (κ3) is 2.48. The van der Waals surface area contributed by atoms with Gasteiger partial charge in [0.25, 0.3) is 0 Å². The Labute approximate surface area is 181 Å². The molecule has 0 aromatic carbocycles. The highest BCUT2D eigenvalue weighted by Gasteiger charge is 2.70. The van der Waals surface area contributed by atoms with Crippen LogP contribution in [0.15, 0.2) is 0 Å². The zero-order chi connectivity index (χ0) is 21.0. The fourth-order valence-electron chi connectivity index (χ4n) is 10.1. The SMILES string of the molecule is C[C@H]1CC[C@H]2[C@H](C)[C@@H]3CC[C@H]4[C@@H]5CC(=O)[C@H]6C[C@@H](O)CC[C@]6(C)[C@H]5C[C@@]4(O)[C@@H]3N2C1. The van der Waals surface area contributed by atoms with Crippen LogP contribution in [0.5, 0.6) is 0 Å². The molecule has 2 heterocycles.